The molecule has 0 aliphatic heterocycles. The summed E-state index contributed by atoms with van der Waals surface area (Å²) in [6.45, 7) is 5.46. The zero-order valence-electron chi connectivity index (χ0n) is 9.18. The smallest absolute Gasteiger partial charge is 0.309 e. The first-order valence-electron chi connectivity index (χ1n) is 4.59. The first-order chi connectivity index (χ1) is 7.04. The van der Waals surface area contributed by atoms with Crippen molar-refractivity contribution in [2.24, 2.45) is 5.92 Å². The van der Waals surface area contributed by atoms with Gasteiger partial charge in [-0.05, 0) is 0 Å². The predicted octanol–water partition coefficient (Wildman–Crippen LogP) is 1.67. The van der Waals surface area contributed by atoms with E-state index < -0.39 is 0 Å². The second kappa shape index (κ2) is 5.16. The summed E-state index contributed by atoms with van der Waals surface area (Å²) >= 11 is 1.38. The van der Waals surface area contributed by atoms with Gasteiger partial charge < -0.3 is 9.15 Å². The van der Waals surface area contributed by atoms with E-state index in [2.05, 4.69) is 14.9 Å². The molecular formula is C9H14N2O3S. The van der Waals surface area contributed by atoms with Gasteiger partial charge in [0.05, 0.1) is 13.0 Å². The molecule has 1 rings (SSSR count). The number of ether oxygens (including phenoxy) is 1. The second-order valence-electron chi connectivity index (χ2n) is 3.22. The van der Waals surface area contributed by atoms with Crippen molar-refractivity contribution in [1.29, 1.82) is 0 Å². The molecule has 0 aliphatic rings. The average molecular weight is 230 g/mol. The lowest BCUT2D eigenvalue weighted by Gasteiger charge is -2.14. The molecule has 0 spiro atoms. The van der Waals surface area contributed by atoms with Crippen LogP contribution in [-0.2, 0) is 9.53 Å². The number of esters is 1. The molecule has 0 bridgehead atoms. The number of aryl methyl sites for hydroxylation is 1. The molecule has 84 valence electrons. The molecular weight excluding hydrogens is 216 g/mol. The average Bonchev–Trinajstić information content (AvgIpc) is 2.61. The lowest BCUT2D eigenvalue weighted by molar-refractivity contribution is -0.144. The van der Waals surface area contributed by atoms with Gasteiger partial charge in [0, 0.05) is 12.2 Å². The highest BCUT2D eigenvalue weighted by Gasteiger charge is 2.23. The van der Waals surface area contributed by atoms with Crippen LogP contribution in [0.15, 0.2) is 9.64 Å². The Hall–Kier alpha value is -1.04. The van der Waals surface area contributed by atoms with Crippen LogP contribution in [-0.4, -0.2) is 28.5 Å². The number of carbonyl (C=O) groups excluding carboxylic acids is 1. The molecule has 2 unspecified atom stereocenters. The molecule has 1 heterocycles. The molecule has 0 saturated carbocycles. The zero-order chi connectivity index (χ0) is 11.4. The van der Waals surface area contributed by atoms with Crippen LogP contribution < -0.4 is 0 Å². The topological polar surface area (TPSA) is 65.2 Å². The fourth-order valence-corrected chi connectivity index (χ4v) is 1.85. The maximum absolute atomic E-state index is 11.2. The quantitative estimate of drug-likeness (QED) is 0.579. The molecule has 0 N–H and O–H groups in total. The van der Waals surface area contributed by atoms with Crippen LogP contribution >= 0.6 is 11.8 Å². The number of aromatic nitrogens is 2. The largest absolute Gasteiger partial charge is 0.469 e. The zero-order valence-corrected chi connectivity index (χ0v) is 10.00. The molecule has 15 heavy (non-hydrogen) atoms. The molecule has 2 atom stereocenters. The molecule has 5 nitrogen and oxygen atoms in total. The van der Waals surface area contributed by atoms with Crippen molar-refractivity contribution in [3.8, 4) is 0 Å². The number of nitrogens with zero attached hydrogens (tertiary/aromatic N) is 2. The number of methoxy groups -OCH3 is 1. The summed E-state index contributed by atoms with van der Waals surface area (Å²) in [4.78, 5) is 11.2. The van der Waals surface area contributed by atoms with Gasteiger partial charge in [0.2, 0.25) is 5.89 Å². The number of thioether (sulfide) groups is 1. The van der Waals surface area contributed by atoms with E-state index in [0.717, 1.165) is 0 Å². The third-order valence-corrected chi connectivity index (χ3v) is 3.22. The van der Waals surface area contributed by atoms with Gasteiger partial charge in [-0.15, -0.1) is 10.2 Å². The van der Waals surface area contributed by atoms with Crippen LogP contribution in [0.1, 0.15) is 19.7 Å². The molecule has 0 radical (unpaired) electrons. The second-order valence-corrected chi connectivity index (χ2v) is 4.55. The Labute approximate surface area is 92.6 Å². The lowest BCUT2D eigenvalue weighted by atomic mass is 10.1. The van der Waals surface area contributed by atoms with Crippen molar-refractivity contribution in [3.63, 3.8) is 0 Å². The van der Waals surface area contributed by atoms with Crippen LogP contribution in [0.25, 0.3) is 0 Å². The Morgan fingerprint density at radius 3 is 2.60 bits per heavy atom. The highest BCUT2D eigenvalue weighted by atomic mass is 32.2. The Morgan fingerprint density at radius 1 is 1.47 bits per heavy atom. The predicted molar refractivity (Wildman–Crippen MR) is 55.5 cm³/mol. The SMILES string of the molecule is COC(=O)C(C)C(C)Sc1nnc(C)o1. The van der Waals surface area contributed by atoms with Gasteiger partial charge in [-0.3, -0.25) is 4.79 Å². The summed E-state index contributed by atoms with van der Waals surface area (Å²) in [7, 11) is 1.38. The molecule has 0 saturated heterocycles. The van der Waals surface area contributed by atoms with Crippen LogP contribution in [0.4, 0.5) is 0 Å². The van der Waals surface area contributed by atoms with Crippen LogP contribution in [0.3, 0.4) is 0 Å². The summed E-state index contributed by atoms with van der Waals surface area (Å²) < 4.78 is 9.86. The Morgan fingerprint density at radius 2 is 2.13 bits per heavy atom. The summed E-state index contributed by atoms with van der Waals surface area (Å²) in [6, 6.07) is 0. The van der Waals surface area contributed by atoms with Crippen LogP contribution in [0, 0.1) is 12.8 Å². The van der Waals surface area contributed by atoms with E-state index in [-0.39, 0.29) is 17.1 Å². The number of hydrogen-bond acceptors (Lipinski definition) is 6. The molecule has 1 aromatic rings. The van der Waals surface area contributed by atoms with Gasteiger partial charge in [-0.2, -0.15) is 0 Å². The van der Waals surface area contributed by atoms with Crippen molar-refractivity contribution in [3.05, 3.63) is 5.89 Å². The van der Waals surface area contributed by atoms with E-state index in [9.17, 15) is 4.79 Å². The summed E-state index contributed by atoms with van der Waals surface area (Å²) in [5.74, 6) is 0.0915. The van der Waals surface area contributed by atoms with Gasteiger partial charge in [-0.1, -0.05) is 25.6 Å². The van der Waals surface area contributed by atoms with Crippen LogP contribution in [0.5, 0.6) is 0 Å². The minimum absolute atomic E-state index is 0.0392. The van der Waals surface area contributed by atoms with E-state index >= 15 is 0 Å². The van der Waals surface area contributed by atoms with Gasteiger partial charge in [0.1, 0.15) is 0 Å². The molecule has 0 aromatic carbocycles. The fraction of sp³-hybridized carbons (Fsp3) is 0.667. The van der Waals surface area contributed by atoms with Gasteiger partial charge in [-0.25, -0.2) is 0 Å². The van der Waals surface area contributed by atoms with Crippen molar-refractivity contribution in [1.82, 2.24) is 10.2 Å². The molecule has 0 amide bonds. The molecule has 0 fully saturated rings. The standard InChI is InChI=1S/C9H14N2O3S/c1-5(8(12)13-4)6(2)15-9-11-10-7(3)14-9/h5-6H,1-4H3. The van der Waals surface area contributed by atoms with Gasteiger partial charge in [0.15, 0.2) is 0 Å². The maximum atomic E-state index is 11.2. The van der Waals surface area contributed by atoms with Crippen molar-refractivity contribution < 1.29 is 13.9 Å². The van der Waals surface area contributed by atoms with Crippen molar-refractivity contribution in [2.75, 3.05) is 7.11 Å². The maximum Gasteiger partial charge on any atom is 0.309 e. The number of hydrogen-bond donors (Lipinski definition) is 0. The fourth-order valence-electron chi connectivity index (χ4n) is 0.965. The van der Waals surface area contributed by atoms with Gasteiger partial charge in [0.25, 0.3) is 5.22 Å². The third-order valence-electron chi connectivity index (χ3n) is 2.07. The van der Waals surface area contributed by atoms with E-state index in [1.54, 1.807) is 6.92 Å². The minimum Gasteiger partial charge on any atom is -0.469 e. The summed E-state index contributed by atoms with van der Waals surface area (Å²) in [5.41, 5.74) is 0. The third kappa shape index (κ3) is 3.23. The lowest BCUT2D eigenvalue weighted by Crippen LogP contribution is -2.21. The molecule has 1 aromatic heterocycles. The van der Waals surface area contributed by atoms with E-state index in [4.69, 9.17) is 4.42 Å². The first-order valence-corrected chi connectivity index (χ1v) is 5.47. The Kier molecular flexibility index (Phi) is 4.14. The number of rotatable bonds is 4. The number of carbonyl (C=O) groups is 1. The van der Waals surface area contributed by atoms with E-state index in [1.807, 2.05) is 13.8 Å². The van der Waals surface area contributed by atoms with Crippen LogP contribution in [0.2, 0.25) is 0 Å². The highest BCUT2D eigenvalue weighted by Crippen LogP contribution is 2.27. The Balaban J connectivity index is 2.55. The monoisotopic (exact) mass is 230 g/mol. The highest BCUT2D eigenvalue weighted by molar-refractivity contribution is 7.99. The van der Waals surface area contributed by atoms with Gasteiger partial charge >= 0.3 is 5.97 Å². The van der Waals surface area contributed by atoms with E-state index in [0.29, 0.717) is 11.1 Å². The molecule has 6 heteroatoms. The normalized spacial score (nSPS) is 14.7. The summed E-state index contributed by atoms with van der Waals surface area (Å²) in [5, 5.41) is 8.08. The Bertz CT molecular complexity index is 340. The molecule has 0 aliphatic carbocycles. The van der Waals surface area contributed by atoms with Crippen molar-refractivity contribution >= 4 is 17.7 Å². The van der Waals surface area contributed by atoms with Crippen molar-refractivity contribution in [2.45, 2.75) is 31.2 Å². The minimum atomic E-state index is -0.230. The summed E-state index contributed by atoms with van der Waals surface area (Å²) in [6.07, 6.45) is 0. The first kappa shape index (κ1) is 12.0. The van der Waals surface area contributed by atoms with E-state index in [1.165, 1.54) is 18.9 Å².